The molecule has 5 amide bonds. The van der Waals surface area contributed by atoms with Crippen LogP contribution in [0, 0.1) is 11.3 Å². The SMILES string of the molecule is CC1(N)CCN(c2cnc(Sc3cccc(NC(=O)CCCCCCN4CC5(CCN(C6CCC(C(=O)NCc7ccc8c(c7)CN(C7CCC(=O)NC7=O)C8=O)CC6)C5)C4)c3)cn2)CC1. The summed E-state index contributed by atoms with van der Waals surface area (Å²) in [7, 11) is 0. The molecule has 6 aliphatic rings. The normalized spacial score (nSPS) is 24.0. The Morgan fingerprint density at radius 1 is 0.894 bits per heavy atom. The standard InChI is InChI=1S/C50H66N10O5S/c1-49(51)18-22-58(23-19-49)42-28-53-45(29-52-42)66-39-8-6-7-37(26-39)55-43(61)9-4-2-3-5-21-57-31-50(32-57)20-24-59(33-50)38-13-11-35(12-14-38)46(63)54-27-34-10-15-40-36(25-34)30-60(48(40)65)41-16-17-44(62)56-47(41)64/h6-8,10,15,25-26,28-29,35,38,41H,2-5,9,11-14,16-24,27,30-33,51H2,1H3,(H,54,63)(H,55,61)(H,56,62,64). The lowest BCUT2D eigenvalue weighted by molar-refractivity contribution is -0.137. The monoisotopic (exact) mass is 918 g/mol. The minimum atomic E-state index is -0.638. The first-order chi connectivity index (χ1) is 31.9. The number of benzene rings is 2. The van der Waals surface area contributed by atoms with E-state index in [9.17, 15) is 24.0 Å². The minimum absolute atomic E-state index is 0.0209. The van der Waals surface area contributed by atoms with Crippen LogP contribution in [0.15, 0.2) is 64.8 Å². The molecule has 15 nitrogen and oxygen atoms in total. The van der Waals surface area contributed by atoms with Crippen molar-refractivity contribution < 1.29 is 24.0 Å². The van der Waals surface area contributed by atoms with Crippen molar-refractivity contribution in [1.29, 1.82) is 0 Å². The minimum Gasteiger partial charge on any atom is -0.355 e. The molecule has 352 valence electrons. The lowest BCUT2D eigenvalue weighted by Crippen LogP contribution is -2.58. The number of rotatable bonds is 16. The van der Waals surface area contributed by atoms with Crippen molar-refractivity contribution in [1.82, 2.24) is 35.3 Å². The fourth-order valence-corrected chi connectivity index (χ4v) is 11.9. The predicted molar refractivity (Wildman–Crippen MR) is 253 cm³/mol. The second-order valence-corrected chi connectivity index (χ2v) is 21.3. The Kier molecular flexibility index (Phi) is 14.1. The van der Waals surface area contributed by atoms with Crippen molar-refractivity contribution in [3.63, 3.8) is 0 Å². The quantitative estimate of drug-likeness (QED) is 0.105. The van der Waals surface area contributed by atoms with E-state index in [4.69, 9.17) is 5.73 Å². The maximum absolute atomic E-state index is 13.3. The highest BCUT2D eigenvalue weighted by atomic mass is 32.2. The van der Waals surface area contributed by atoms with Gasteiger partial charge in [0.1, 0.15) is 16.9 Å². The fraction of sp³-hybridized carbons (Fsp3) is 0.580. The highest BCUT2D eigenvalue weighted by Crippen LogP contribution is 2.42. The number of carbonyl (C=O) groups excluding carboxylic acids is 5. The number of hydrogen-bond donors (Lipinski definition) is 4. The predicted octanol–water partition coefficient (Wildman–Crippen LogP) is 5.48. The summed E-state index contributed by atoms with van der Waals surface area (Å²) in [5, 5.41) is 9.41. The number of unbranched alkanes of at least 4 members (excludes halogenated alkanes) is 3. The van der Waals surface area contributed by atoms with Gasteiger partial charge in [0.2, 0.25) is 23.6 Å². The Morgan fingerprint density at radius 2 is 1.70 bits per heavy atom. The van der Waals surface area contributed by atoms with Crippen molar-refractivity contribution in [2.75, 3.05) is 56.0 Å². The Morgan fingerprint density at radius 3 is 2.47 bits per heavy atom. The largest absolute Gasteiger partial charge is 0.355 e. The topological polar surface area (TPSA) is 186 Å². The Labute approximate surface area is 392 Å². The molecule has 1 saturated carbocycles. The highest BCUT2D eigenvalue weighted by molar-refractivity contribution is 7.99. The average molecular weight is 919 g/mol. The number of likely N-dealkylation sites (tertiary alicyclic amines) is 2. The first-order valence-corrected chi connectivity index (χ1v) is 25.1. The average Bonchev–Trinajstić information content (AvgIpc) is 3.88. The van der Waals surface area contributed by atoms with Crippen LogP contribution in [0.2, 0.25) is 0 Å². The zero-order valence-electron chi connectivity index (χ0n) is 38.4. The second kappa shape index (κ2) is 20.1. The maximum atomic E-state index is 13.3. The molecule has 1 spiro atoms. The summed E-state index contributed by atoms with van der Waals surface area (Å²) in [6.07, 6.45) is 16.0. The number of piperidine rings is 2. The van der Waals surface area contributed by atoms with E-state index in [0.29, 0.717) is 43.0 Å². The number of nitrogens with zero attached hydrogens (tertiary/aromatic N) is 6. The summed E-state index contributed by atoms with van der Waals surface area (Å²) in [5.41, 5.74) is 9.76. The fourth-order valence-electron chi connectivity index (χ4n) is 11.1. The van der Waals surface area contributed by atoms with Crippen molar-refractivity contribution in [3.05, 3.63) is 71.5 Å². The number of aromatic nitrogens is 2. The zero-order valence-corrected chi connectivity index (χ0v) is 39.2. The molecule has 0 radical (unpaired) electrons. The Balaban J connectivity index is 0.613. The molecule has 0 bridgehead atoms. The smallest absolute Gasteiger partial charge is 0.255 e. The molecule has 5 N–H and O–H groups in total. The maximum Gasteiger partial charge on any atom is 0.255 e. The van der Waals surface area contributed by atoms with E-state index in [1.54, 1.807) is 11.0 Å². The molecular formula is C50H66N10O5S. The Hall–Kier alpha value is -4.90. The molecule has 4 saturated heterocycles. The summed E-state index contributed by atoms with van der Waals surface area (Å²) in [6.45, 7) is 10.4. The van der Waals surface area contributed by atoms with Gasteiger partial charge >= 0.3 is 0 Å². The summed E-state index contributed by atoms with van der Waals surface area (Å²) < 4.78 is 0. The van der Waals surface area contributed by atoms with Crippen LogP contribution in [0.25, 0.3) is 0 Å². The van der Waals surface area contributed by atoms with Crippen LogP contribution >= 0.6 is 11.8 Å². The lowest BCUT2D eigenvalue weighted by Gasteiger charge is -2.49. The highest BCUT2D eigenvalue weighted by Gasteiger charge is 2.48. The van der Waals surface area contributed by atoms with E-state index in [0.717, 1.165) is 123 Å². The lowest BCUT2D eigenvalue weighted by atomic mass is 9.78. The molecule has 1 aliphatic carbocycles. The number of amides is 5. The molecular weight excluding hydrogens is 853 g/mol. The van der Waals surface area contributed by atoms with Gasteiger partial charge in [-0.3, -0.25) is 34.2 Å². The molecule has 1 unspecified atom stereocenters. The van der Waals surface area contributed by atoms with Gasteiger partial charge in [-0.05, 0) is 120 Å². The number of anilines is 2. The van der Waals surface area contributed by atoms with Gasteiger partial charge in [-0.2, -0.15) is 0 Å². The van der Waals surface area contributed by atoms with E-state index in [1.807, 2.05) is 48.8 Å². The van der Waals surface area contributed by atoms with Crippen molar-refractivity contribution in [3.8, 4) is 0 Å². The summed E-state index contributed by atoms with van der Waals surface area (Å²) in [6, 6.07) is 13.5. The van der Waals surface area contributed by atoms with Crippen molar-refractivity contribution in [2.45, 2.75) is 137 Å². The van der Waals surface area contributed by atoms with E-state index < -0.39 is 11.9 Å². The van der Waals surface area contributed by atoms with Crippen LogP contribution in [0.4, 0.5) is 11.5 Å². The van der Waals surface area contributed by atoms with Gasteiger partial charge in [-0.15, -0.1) is 0 Å². The number of carbonyl (C=O) groups is 5. The van der Waals surface area contributed by atoms with Crippen LogP contribution in [-0.2, 0) is 32.3 Å². The molecule has 9 rings (SSSR count). The number of imide groups is 1. The van der Waals surface area contributed by atoms with Crippen LogP contribution in [0.3, 0.4) is 0 Å². The van der Waals surface area contributed by atoms with E-state index in [1.165, 1.54) is 37.8 Å². The van der Waals surface area contributed by atoms with Crippen molar-refractivity contribution >= 4 is 52.8 Å². The van der Waals surface area contributed by atoms with Gasteiger partial charge in [-0.25, -0.2) is 9.97 Å². The number of fused-ring (bicyclic) bond motifs is 1. The molecule has 5 fully saturated rings. The number of nitrogens with one attached hydrogen (secondary N) is 3. The van der Waals surface area contributed by atoms with Crippen molar-refractivity contribution in [2.24, 2.45) is 17.1 Å². The first kappa shape index (κ1) is 46.2. The molecule has 3 aromatic rings. The van der Waals surface area contributed by atoms with Gasteiger partial charge < -0.3 is 31.1 Å². The summed E-state index contributed by atoms with van der Waals surface area (Å²) in [5.74, 6) is 0.161. The second-order valence-electron chi connectivity index (χ2n) is 20.2. The van der Waals surface area contributed by atoms with Gasteiger partial charge in [0.25, 0.3) is 5.91 Å². The molecule has 6 heterocycles. The summed E-state index contributed by atoms with van der Waals surface area (Å²) in [4.78, 5) is 82.6. The molecule has 66 heavy (non-hydrogen) atoms. The molecule has 5 aliphatic heterocycles. The zero-order chi connectivity index (χ0) is 45.8. The van der Waals surface area contributed by atoms with Crippen LogP contribution in [-0.4, -0.2) is 118 Å². The number of nitrogens with two attached hydrogens (primary N) is 1. The molecule has 1 aromatic heterocycles. The van der Waals surface area contributed by atoms with Gasteiger partial charge in [0.15, 0.2) is 0 Å². The van der Waals surface area contributed by atoms with Crippen LogP contribution in [0.5, 0.6) is 0 Å². The van der Waals surface area contributed by atoms with Gasteiger partial charge in [0.05, 0.1) is 12.4 Å². The van der Waals surface area contributed by atoms with Crippen LogP contribution in [0.1, 0.15) is 118 Å². The van der Waals surface area contributed by atoms with Gasteiger partial charge in [0, 0.05) is 97.7 Å². The first-order valence-electron chi connectivity index (χ1n) is 24.3. The third kappa shape index (κ3) is 11.1. The van der Waals surface area contributed by atoms with E-state index in [2.05, 4.69) is 47.5 Å². The molecule has 16 heteroatoms. The Bertz CT molecular complexity index is 2270. The van der Waals surface area contributed by atoms with E-state index in [-0.39, 0.29) is 41.5 Å². The third-order valence-electron chi connectivity index (χ3n) is 15.0. The van der Waals surface area contributed by atoms with Gasteiger partial charge in [-0.1, -0.05) is 42.8 Å². The summed E-state index contributed by atoms with van der Waals surface area (Å²) >= 11 is 1.54. The van der Waals surface area contributed by atoms with Crippen LogP contribution < -0.4 is 26.6 Å². The molecule has 2 aromatic carbocycles. The third-order valence-corrected chi connectivity index (χ3v) is 15.9. The molecule has 1 atom stereocenters. The number of hydrogen-bond acceptors (Lipinski definition) is 12. The van der Waals surface area contributed by atoms with E-state index >= 15 is 0 Å².